The van der Waals surface area contributed by atoms with Crippen LogP contribution in [0.5, 0.6) is 11.5 Å². The van der Waals surface area contributed by atoms with Gasteiger partial charge in [0.05, 0.1) is 12.3 Å². The van der Waals surface area contributed by atoms with Crippen molar-refractivity contribution >= 4 is 34.8 Å². The van der Waals surface area contributed by atoms with Crippen LogP contribution in [-0.2, 0) is 19.1 Å². The highest BCUT2D eigenvalue weighted by Crippen LogP contribution is 2.28. The zero-order valence-corrected chi connectivity index (χ0v) is 17.3. The van der Waals surface area contributed by atoms with Crippen LogP contribution >= 0.6 is 12.2 Å². The first-order chi connectivity index (χ1) is 14.3. The third-order valence-corrected chi connectivity index (χ3v) is 4.84. The minimum Gasteiger partial charge on any atom is -0.457 e. The quantitative estimate of drug-likeness (QED) is 0.461. The number of amides is 2. The van der Waals surface area contributed by atoms with E-state index in [1.54, 1.807) is 38.1 Å². The van der Waals surface area contributed by atoms with E-state index in [4.69, 9.17) is 26.4 Å². The molecule has 4 rings (SSSR count). The number of carbonyl (C=O) groups is 2. The Bertz CT molecular complexity index is 1020. The number of para-hydroxylation sites is 1. The Hall–Kier alpha value is -3.07. The van der Waals surface area contributed by atoms with Gasteiger partial charge in [-0.05, 0) is 68.5 Å². The summed E-state index contributed by atoms with van der Waals surface area (Å²) in [6.45, 7) is 3.80. The molecule has 2 fully saturated rings. The molecule has 0 bridgehead atoms. The van der Waals surface area contributed by atoms with Gasteiger partial charge in [0.25, 0.3) is 11.8 Å². The van der Waals surface area contributed by atoms with Gasteiger partial charge in [-0.25, -0.2) is 0 Å². The minimum atomic E-state index is -0.764. The first-order valence-electron chi connectivity index (χ1n) is 9.39. The molecular weight excluding hydrogens is 404 g/mol. The van der Waals surface area contributed by atoms with Crippen LogP contribution in [0.4, 0.5) is 5.69 Å². The molecule has 2 aromatic carbocycles. The van der Waals surface area contributed by atoms with Crippen LogP contribution < -0.4 is 15.0 Å². The first-order valence-corrected chi connectivity index (χ1v) is 9.79. The normalized spacial score (nSPS) is 22.3. The fourth-order valence-corrected chi connectivity index (χ4v) is 3.46. The van der Waals surface area contributed by atoms with Gasteiger partial charge in [-0.15, -0.1) is 0 Å². The lowest BCUT2D eigenvalue weighted by atomic mass is 10.1. The largest absolute Gasteiger partial charge is 0.457 e. The molecule has 0 spiro atoms. The molecule has 8 heteroatoms. The number of thiocarbonyl (C=S) groups is 1. The molecule has 2 amide bonds. The van der Waals surface area contributed by atoms with E-state index in [2.05, 4.69) is 5.32 Å². The lowest BCUT2D eigenvalue weighted by Crippen LogP contribution is -2.54. The SMILES string of the molecule is CC1(C)OCC(/C=C2/C(=O)NC(=S)N(c3ccc(Oc4ccccc4)cc3)C2=O)O1. The molecule has 0 aliphatic carbocycles. The molecule has 2 saturated heterocycles. The Morgan fingerprint density at radius 2 is 1.77 bits per heavy atom. The second kappa shape index (κ2) is 7.98. The van der Waals surface area contributed by atoms with Crippen molar-refractivity contribution in [3.8, 4) is 11.5 Å². The zero-order valence-electron chi connectivity index (χ0n) is 16.5. The number of anilines is 1. The Morgan fingerprint density at radius 3 is 2.40 bits per heavy atom. The van der Waals surface area contributed by atoms with Crippen molar-refractivity contribution in [3.63, 3.8) is 0 Å². The van der Waals surface area contributed by atoms with E-state index in [0.29, 0.717) is 17.2 Å². The monoisotopic (exact) mass is 424 g/mol. The summed E-state index contributed by atoms with van der Waals surface area (Å²) in [5.41, 5.74) is 0.472. The number of rotatable bonds is 4. The van der Waals surface area contributed by atoms with Crippen molar-refractivity contribution in [1.29, 1.82) is 0 Å². The number of carbonyl (C=O) groups excluding carboxylic acids is 2. The van der Waals surface area contributed by atoms with Crippen molar-refractivity contribution in [2.45, 2.75) is 25.7 Å². The van der Waals surface area contributed by atoms with Gasteiger partial charge in [-0.2, -0.15) is 0 Å². The Kier molecular flexibility index (Phi) is 5.38. The molecule has 0 aromatic heterocycles. The molecule has 2 heterocycles. The number of hydrogen-bond donors (Lipinski definition) is 1. The molecule has 2 aliphatic heterocycles. The number of nitrogens with one attached hydrogen (secondary N) is 1. The summed E-state index contributed by atoms with van der Waals surface area (Å²) in [7, 11) is 0. The van der Waals surface area contributed by atoms with Gasteiger partial charge < -0.3 is 14.2 Å². The third-order valence-electron chi connectivity index (χ3n) is 4.56. The van der Waals surface area contributed by atoms with E-state index < -0.39 is 23.7 Å². The average molecular weight is 424 g/mol. The maximum atomic E-state index is 13.1. The minimum absolute atomic E-state index is 0.0165. The van der Waals surface area contributed by atoms with Gasteiger partial charge in [0.2, 0.25) is 0 Å². The smallest absolute Gasteiger partial charge is 0.269 e. The van der Waals surface area contributed by atoms with E-state index >= 15 is 0 Å². The lowest BCUT2D eigenvalue weighted by Gasteiger charge is -2.29. The summed E-state index contributed by atoms with van der Waals surface area (Å²) in [5.74, 6) is -0.528. The molecular formula is C22H20N2O5S. The van der Waals surface area contributed by atoms with E-state index in [-0.39, 0.29) is 17.3 Å². The molecule has 30 heavy (non-hydrogen) atoms. The van der Waals surface area contributed by atoms with E-state index in [0.717, 1.165) is 0 Å². The van der Waals surface area contributed by atoms with Gasteiger partial charge in [-0.3, -0.25) is 19.8 Å². The molecule has 1 unspecified atom stereocenters. The van der Waals surface area contributed by atoms with Crippen LogP contribution in [0.1, 0.15) is 13.8 Å². The lowest BCUT2D eigenvalue weighted by molar-refractivity contribution is -0.134. The van der Waals surface area contributed by atoms with Gasteiger partial charge >= 0.3 is 0 Å². The number of nitrogens with zero attached hydrogens (tertiary/aromatic N) is 1. The molecule has 1 atom stereocenters. The highest BCUT2D eigenvalue weighted by atomic mass is 32.1. The van der Waals surface area contributed by atoms with Crippen LogP contribution in [0.2, 0.25) is 0 Å². The van der Waals surface area contributed by atoms with Crippen molar-refractivity contribution in [2.24, 2.45) is 0 Å². The predicted molar refractivity (Wildman–Crippen MR) is 114 cm³/mol. The highest BCUT2D eigenvalue weighted by Gasteiger charge is 2.38. The van der Waals surface area contributed by atoms with Crippen molar-refractivity contribution in [2.75, 3.05) is 11.5 Å². The van der Waals surface area contributed by atoms with Crippen molar-refractivity contribution in [3.05, 3.63) is 66.2 Å². The van der Waals surface area contributed by atoms with Gasteiger partial charge in [0.15, 0.2) is 10.9 Å². The third kappa shape index (κ3) is 4.25. The van der Waals surface area contributed by atoms with E-state index in [9.17, 15) is 9.59 Å². The van der Waals surface area contributed by atoms with Gasteiger partial charge in [-0.1, -0.05) is 18.2 Å². The van der Waals surface area contributed by atoms with Gasteiger partial charge in [0.1, 0.15) is 23.2 Å². The Balaban J connectivity index is 1.55. The first kappa shape index (κ1) is 20.2. The number of benzene rings is 2. The molecule has 1 N–H and O–H groups in total. The van der Waals surface area contributed by atoms with Crippen molar-refractivity contribution < 1.29 is 23.8 Å². The summed E-state index contributed by atoms with van der Waals surface area (Å²) < 4.78 is 17.0. The van der Waals surface area contributed by atoms with E-state index in [1.165, 1.54) is 11.0 Å². The maximum absolute atomic E-state index is 13.1. The molecule has 7 nitrogen and oxygen atoms in total. The van der Waals surface area contributed by atoms with Crippen molar-refractivity contribution in [1.82, 2.24) is 5.32 Å². The predicted octanol–water partition coefficient (Wildman–Crippen LogP) is 3.30. The molecule has 154 valence electrons. The van der Waals surface area contributed by atoms with Crippen LogP contribution in [-0.4, -0.2) is 35.4 Å². The molecule has 0 saturated carbocycles. The van der Waals surface area contributed by atoms with Gasteiger partial charge in [0, 0.05) is 0 Å². The summed E-state index contributed by atoms with van der Waals surface area (Å²) in [6, 6.07) is 16.2. The second-order valence-electron chi connectivity index (χ2n) is 7.26. The fraction of sp³-hybridized carbons (Fsp3) is 0.227. The Morgan fingerprint density at radius 1 is 1.10 bits per heavy atom. The van der Waals surface area contributed by atoms with Crippen LogP contribution in [0.15, 0.2) is 66.2 Å². The molecule has 2 aliphatic rings. The second-order valence-corrected chi connectivity index (χ2v) is 7.64. The summed E-state index contributed by atoms with van der Waals surface area (Å²) in [4.78, 5) is 26.7. The summed E-state index contributed by atoms with van der Waals surface area (Å²) in [5, 5.41) is 2.58. The standard InChI is InChI=1S/C22H20N2O5S/c1-22(2)27-13-17(29-22)12-18-19(25)23-21(30)24(20(18)26)14-8-10-16(11-9-14)28-15-6-4-3-5-7-15/h3-12,17H,13H2,1-2H3,(H,23,25,30)/b18-12-. The summed E-state index contributed by atoms with van der Waals surface area (Å²) >= 11 is 5.23. The zero-order chi connectivity index (χ0) is 21.3. The molecule has 0 radical (unpaired) electrons. The fourth-order valence-electron chi connectivity index (χ4n) is 3.18. The van der Waals surface area contributed by atoms with E-state index in [1.807, 2.05) is 30.3 Å². The Labute approximate surface area is 179 Å². The summed E-state index contributed by atoms with van der Waals surface area (Å²) in [6.07, 6.45) is 0.980. The number of hydrogen-bond acceptors (Lipinski definition) is 6. The topological polar surface area (TPSA) is 77.1 Å². The van der Waals surface area contributed by atoms with Crippen LogP contribution in [0.25, 0.3) is 0 Å². The highest BCUT2D eigenvalue weighted by molar-refractivity contribution is 7.80. The number of ether oxygens (including phenoxy) is 3. The average Bonchev–Trinajstić information content (AvgIpc) is 3.05. The van der Waals surface area contributed by atoms with Crippen LogP contribution in [0, 0.1) is 0 Å². The van der Waals surface area contributed by atoms with Crippen LogP contribution in [0.3, 0.4) is 0 Å². The maximum Gasteiger partial charge on any atom is 0.269 e. The molecule has 2 aromatic rings.